The summed E-state index contributed by atoms with van der Waals surface area (Å²) in [6, 6.07) is 23.9. The molecule has 4 rings (SSSR count). The minimum absolute atomic E-state index is 0.122. The highest BCUT2D eigenvalue weighted by Crippen LogP contribution is 2.22. The molecule has 5 nitrogen and oxygen atoms in total. The summed E-state index contributed by atoms with van der Waals surface area (Å²) in [7, 11) is -3.57. The van der Waals surface area contributed by atoms with Crippen LogP contribution < -0.4 is 0 Å². The van der Waals surface area contributed by atoms with Crippen LogP contribution in [0.5, 0.6) is 0 Å². The van der Waals surface area contributed by atoms with Gasteiger partial charge in [-0.15, -0.1) is 0 Å². The van der Waals surface area contributed by atoms with E-state index in [1.165, 1.54) is 16.4 Å². The van der Waals surface area contributed by atoms with E-state index >= 15 is 0 Å². The zero-order valence-electron chi connectivity index (χ0n) is 16.5. The minimum atomic E-state index is -3.57. The second kappa shape index (κ2) is 8.81. The van der Waals surface area contributed by atoms with Crippen LogP contribution in [0, 0.1) is 0 Å². The fraction of sp³-hybridized carbons (Fsp3) is 0.208. The lowest BCUT2D eigenvalue weighted by molar-refractivity contribution is 0.0472. The van der Waals surface area contributed by atoms with Gasteiger partial charge in [0.2, 0.25) is 10.0 Å². The second-order valence-corrected chi connectivity index (χ2v) is 9.22. The average Bonchev–Trinajstić information content (AvgIpc) is 3.34. The number of sulfonamides is 1. The SMILES string of the molecule is O=C(OCc1ccc(-c2ccccc2)cc1)c1cccc(S(=O)(=O)N2CCCC2)c1. The first-order valence-electron chi connectivity index (χ1n) is 9.96. The summed E-state index contributed by atoms with van der Waals surface area (Å²) in [4.78, 5) is 12.6. The van der Waals surface area contributed by atoms with Crippen molar-refractivity contribution >= 4 is 16.0 Å². The van der Waals surface area contributed by atoms with Crippen molar-refractivity contribution in [3.05, 3.63) is 90.0 Å². The van der Waals surface area contributed by atoms with Crippen LogP contribution in [0.3, 0.4) is 0 Å². The van der Waals surface area contributed by atoms with Crippen molar-refractivity contribution in [3.63, 3.8) is 0 Å². The summed E-state index contributed by atoms with van der Waals surface area (Å²) in [6.07, 6.45) is 1.73. The quantitative estimate of drug-likeness (QED) is 0.550. The maximum absolute atomic E-state index is 12.7. The molecule has 1 heterocycles. The van der Waals surface area contributed by atoms with Gasteiger partial charge in [0.1, 0.15) is 6.61 Å². The predicted octanol–water partition coefficient (Wildman–Crippen LogP) is 4.50. The molecule has 0 N–H and O–H groups in total. The molecule has 3 aromatic carbocycles. The van der Waals surface area contributed by atoms with Crippen LogP contribution in [0.4, 0.5) is 0 Å². The molecule has 0 amide bonds. The van der Waals surface area contributed by atoms with E-state index in [4.69, 9.17) is 4.74 Å². The third-order valence-electron chi connectivity index (χ3n) is 5.20. The van der Waals surface area contributed by atoms with E-state index in [1.54, 1.807) is 12.1 Å². The number of carbonyl (C=O) groups is 1. The number of nitrogens with zero attached hydrogens (tertiary/aromatic N) is 1. The van der Waals surface area contributed by atoms with Gasteiger partial charge in [0.25, 0.3) is 0 Å². The van der Waals surface area contributed by atoms with Crippen LogP contribution >= 0.6 is 0 Å². The average molecular weight is 422 g/mol. The molecule has 1 saturated heterocycles. The zero-order valence-corrected chi connectivity index (χ0v) is 17.3. The van der Waals surface area contributed by atoms with Crippen molar-refractivity contribution in [1.29, 1.82) is 0 Å². The first-order valence-corrected chi connectivity index (χ1v) is 11.4. The summed E-state index contributed by atoms with van der Waals surface area (Å²) < 4.78 is 32.3. The van der Waals surface area contributed by atoms with E-state index in [9.17, 15) is 13.2 Å². The topological polar surface area (TPSA) is 63.7 Å². The Morgan fingerprint density at radius 2 is 1.50 bits per heavy atom. The molecule has 0 radical (unpaired) electrons. The second-order valence-electron chi connectivity index (χ2n) is 7.28. The molecule has 0 atom stereocenters. The Morgan fingerprint density at radius 1 is 0.833 bits per heavy atom. The van der Waals surface area contributed by atoms with Crippen molar-refractivity contribution in [1.82, 2.24) is 4.31 Å². The van der Waals surface area contributed by atoms with E-state index in [1.807, 2.05) is 54.6 Å². The van der Waals surface area contributed by atoms with Gasteiger partial charge in [0.05, 0.1) is 10.5 Å². The number of hydrogen-bond acceptors (Lipinski definition) is 4. The smallest absolute Gasteiger partial charge is 0.338 e. The number of hydrogen-bond donors (Lipinski definition) is 0. The first-order chi connectivity index (χ1) is 14.5. The van der Waals surface area contributed by atoms with Crippen molar-refractivity contribution in [2.24, 2.45) is 0 Å². The van der Waals surface area contributed by atoms with Crippen LogP contribution in [0.15, 0.2) is 83.8 Å². The zero-order chi connectivity index (χ0) is 21.0. The molecule has 0 bridgehead atoms. The Kier molecular flexibility index (Phi) is 5.97. The summed E-state index contributed by atoms with van der Waals surface area (Å²) in [5.41, 5.74) is 3.31. The van der Waals surface area contributed by atoms with Crippen LogP contribution in [0.1, 0.15) is 28.8 Å². The Balaban J connectivity index is 1.42. The number of esters is 1. The third kappa shape index (κ3) is 4.45. The molecule has 0 saturated carbocycles. The van der Waals surface area contributed by atoms with E-state index in [2.05, 4.69) is 0 Å². The summed E-state index contributed by atoms with van der Waals surface area (Å²) in [6.45, 7) is 1.17. The highest BCUT2D eigenvalue weighted by atomic mass is 32.2. The van der Waals surface area contributed by atoms with Gasteiger partial charge in [-0.1, -0.05) is 60.7 Å². The van der Waals surface area contributed by atoms with E-state index < -0.39 is 16.0 Å². The standard InChI is InChI=1S/C24H23NO4S/c26-24(22-9-6-10-23(17-22)30(27,28)25-15-4-5-16-25)29-18-19-11-13-21(14-12-19)20-7-2-1-3-8-20/h1-3,6-14,17H,4-5,15-16,18H2. The van der Waals surface area contributed by atoms with Crippen LogP contribution in [0.2, 0.25) is 0 Å². The summed E-state index contributed by atoms with van der Waals surface area (Å²) in [5, 5.41) is 0. The molecule has 6 heteroatoms. The fourth-order valence-corrected chi connectivity index (χ4v) is 5.08. The number of benzene rings is 3. The number of ether oxygens (including phenoxy) is 1. The monoisotopic (exact) mass is 421 g/mol. The molecule has 154 valence electrons. The van der Waals surface area contributed by atoms with Crippen LogP contribution in [-0.2, 0) is 21.4 Å². The van der Waals surface area contributed by atoms with Gasteiger partial charge < -0.3 is 4.74 Å². The van der Waals surface area contributed by atoms with E-state index in [0.29, 0.717) is 13.1 Å². The maximum atomic E-state index is 12.7. The van der Waals surface area contributed by atoms with Gasteiger partial charge >= 0.3 is 5.97 Å². The Bertz CT molecular complexity index is 1120. The van der Waals surface area contributed by atoms with Crippen LogP contribution in [-0.4, -0.2) is 31.8 Å². The van der Waals surface area contributed by atoms with Gasteiger partial charge in [-0.25, -0.2) is 13.2 Å². The number of rotatable bonds is 6. The Hall–Kier alpha value is -2.96. The molecular weight excluding hydrogens is 398 g/mol. The van der Waals surface area contributed by atoms with Crippen LogP contribution in [0.25, 0.3) is 11.1 Å². The summed E-state index contributed by atoms with van der Waals surface area (Å²) in [5.74, 6) is -0.541. The molecule has 1 fully saturated rings. The van der Waals surface area contributed by atoms with Gasteiger partial charge in [0, 0.05) is 13.1 Å². The molecule has 0 aromatic heterocycles. The molecule has 0 spiro atoms. The highest BCUT2D eigenvalue weighted by molar-refractivity contribution is 7.89. The normalized spacial score (nSPS) is 14.5. The van der Waals surface area contributed by atoms with E-state index in [0.717, 1.165) is 29.5 Å². The van der Waals surface area contributed by atoms with Gasteiger partial charge in [-0.2, -0.15) is 4.31 Å². The molecule has 30 heavy (non-hydrogen) atoms. The lowest BCUT2D eigenvalue weighted by atomic mass is 10.0. The molecule has 0 aliphatic carbocycles. The fourth-order valence-electron chi connectivity index (χ4n) is 3.52. The van der Waals surface area contributed by atoms with Crippen molar-refractivity contribution in [2.45, 2.75) is 24.3 Å². The van der Waals surface area contributed by atoms with Crippen molar-refractivity contribution < 1.29 is 17.9 Å². The highest BCUT2D eigenvalue weighted by Gasteiger charge is 2.27. The maximum Gasteiger partial charge on any atom is 0.338 e. The summed E-state index contributed by atoms with van der Waals surface area (Å²) >= 11 is 0. The van der Waals surface area contributed by atoms with Gasteiger partial charge in [-0.3, -0.25) is 0 Å². The Morgan fingerprint density at radius 3 is 2.20 bits per heavy atom. The first kappa shape index (κ1) is 20.3. The Labute approximate surface area is 177 Å². The van der Waals surface area contributed by atoms with Gasteiger partial charge in [0.15, 0.2) is 0 Å². The van der Waals surface area contributed by atoms with Crippen molar-refractivity contribution in [2.75, 3.05) is 13.1 Å². The lowest BCUT2D eigenvalue weighted by Gasteiger charge is -2.15. The molecule has 1 aliphatic heterocycles. The third-order valence-corrected chi connectivity index (χ3v) is 7.10. The largest absolute Gasteiger partial charge is 0.457 e. The van der Waals surface area contributed by atoms with Crippen molar-refractivity contribution in [3.8, 4) is 11.1 Å². The molecule has 0 unspecified atom stereocenters. The molecule has 3 aromatic rings. The molecule has 1 aliphatic rings. The predicted molar refractivity (Wildman–Crippen MR) is 115 cm³/mol. The minimum Gasteiger partial charge on any atom is -0.457 e. The van der Waals surface area contributed by atoms with E-state index in [-0.39, 0.29) is 17.1 Å². The van der Waals surface area contributed by atoms with Gasteiger partial charge in [-0.05, 0) is 47.7 Å². The number of carbonyl (C=O) groups excluding carboxylic acids is 1. The lowest BCUT2D eigenvalue weighted by Crippen LogP contribution is -2.28. The molecular formula is C24H23NO4S.